The topological polar surface area (TPSA) is 59.1 Å². The number of benzene rings is 1. The Hall–Kier alpha value is -1.26. The van der Waals surface area contributed by atoms with Gasteiger partial charge in [-0.15, -0.1) is 11.8 Å². The number of rotatable bonds is 3. The average molecular weight is 220 g/mol. The van der Waals surface area contributed by atoms with E-state index in [-0.39, 0.29) is 6.61 Å². The first kappa shape index (κ1) is 10.3. The van der Waals surface area contributed by atoms with Crippen LogP contribution in [0.15, 0.2) is 35.4 Å². The lowest BCUT2D eigenvalue weighted by Crippen LogP contribution is -1.91. The van der Waals surface area contributed by atoms with E-state index in [1.54, 1.807) is 18.0 Å². The normalized spacial score (nSPS) is 10.7. The molecule has 0 fully saturated rings. The van der Waals surface area contributed by atoms with E-state index in [0.717, 1.165) is 15.8 Å². The number of thioether (sulfide) groups is 1. The number of nitrogen functional groups attached to an aromatic ring is 1. The molecular weight excluding hydrogens is 208 g/mol. The van der Waals surface area contributed by atoms with Gasteiger partial charge in [0.1, 0.15) is 0 Å². The highest BCUT2D eigenvalue weighted by atomic mass is 32.2. The van der Waals surface area contributed by atoms with E-state index < -0.39 is 0 Å². The van der Waals surface area contributed by atoms with Gasteiger partial charge >= 0.3 is 0 Å². The van der Waals surface area contributed by atoms with Crippen LogP contribution in [0.1, 0.15) is 0 Å². The van der Waals surface area contributed by atoms with Crippen LogP contribution in [0.4, 0.5) is 5.69 Å². The maximum atomic E-state index is 8.79. The predicted octanol–water partition coefficient (Wildman–Crippen LogP) is 1.90. The fourth-order valence-electron chi connectivity index (χ4n) is 1.46. The minimum absolute atomic E-state index is 0.177. The summed E-state index contributed by atoms with van der Waals surface area (Å²) in [5.74, 6) is 0.688. The third-order valence-corrected chi connectivity index (χ3v) is 3.16. The Kier molecular flexibility index (Phi) is 3.08. The lowest BCUT2D eigenvalue weighted by atomic mass is 10.2. The molecule has 15 heavy (non-hydrogen) atoms. The zero-order valence-corrected chi connectivity index (χ0v) is 9.00. The van der Waals surface area contributed by atoms with Gasteiger partial charge in [-0.25, -0.2) is 0 Å². The molecule has 1 aromatic carbocycles. The van der Waals surface area contributed by atoms with E-state index in [1.807, 2.05) is 24.3 Å². The van der Waals surface area contributed by atoms with Crippen LogP contribution >= 0.6 is 11.8 Å². The number of nitrogens with two attached hydrogens (primary N) is 1. The van der Waals surface area contributed by atoms with Crippen molar-refractivity contribution < 1.29 is 5.11 Å². The van der Waals surface area contributed by atoms with Crippen LogP contribution in [0.25, 0.3) is 10.9 Å². The molecule has 78 valence electrons. The van der Waals surface area contributed by atoms with Crippen molar-refractivity contribution in [1.29, 1.82) is 0 Å². The second-order valence-electron chi connectivity index (χ2n) is 3.12. The number of anilines is 1. The molecule has 3 nitrogen and oxygen atoms in total. The van der Waals surface area contributed by atoms with E-state index >= 15 is 0 Å². The summed E-state index contributed by atoms with van der Waals surface area (Å²) in [5.41, 5.74) is 7.36. The monoisotopic (exact) mass is 220 g/mol. The molecule has 0 bridgehead atoms. The maximum Gasteiger partial charge on any atom is 0.0942 e. The second kappa shape index (κ2) is 4.51. The van der Waals surface area contributed by atoms with Gasteiger partial charge in [-0.1, -0.05) is 12.1 Å². The summed E-state index contributed by atoms with van der Waals surface area (Å²) in [4.78, 5) is 5.36. The molecule has 0 aliphatic heterocycles. The molecule has 4 heteroatoms. The Morgan fingerprint density at radius 2 is 2.20 bits per heavy atom. The third kappa shape index (κ3) is 2.06. The van der Waals surface area contributed by atoms with E-state index in [0.29, 0.717) is 11.4 Å². The minimum atomic E-state index is 0.177. The zero-order valence-electron chi connectivity index (χ0n) is 8.18. The van der Waals surface area contributed by atoms with Gasteiger partial charge in [0, 0.05) is 22.2 Å². The van der Waals surface area contributed by atoms with E-state index in [1.165, 1.54) is 0 Å². The largest absolute Gasteiger partial charge is 0.397 e. The van der Waals surface area contributed by atoms with Gasteiger partial charge in [-0.2, -0.15) is 0 Å². The molecule has 0 atom stereocenters. The van der Waals surface area contributed by atoms with Crippen molar-refractivity contribution >= 4 is 28.4 Å². The fraction of sp³-hybridized carbons (Fsp3) is 0.182. The molecule has 0 saturated heterocycles. The number of fused-ring (bicyclic) bond motifs is 1. The third-order valence-electron chi connectivity index (χ3n) is 2.11. The van der Waals surface area contributed by atoms with Crippen LogP contribution in [0, 0.1) is 0 Å². The van der Waals surface area contributed by atoms with E-state index in [4.69, 9.17) is 10.8 Å². The van der Waals surface area contributed by atoms with Gasteiger partial charge in [-0.3, -0.25) is 4.98 Å². The number of hydrogen-bond acceptors (Lipinski definition) is 4. The van der Waals surface area contributed by atoms with Gasteiger partial charge in [0.2, 0.25) is 0 Å². The average Bonchev–Trinajstić information content (AvgIpc) is 2.27. The molecule has 0 aliphatic carbocycles. The van der Waals surface area contributed by atoms with Crippen LogP contribution in [0.2, 0.25) is 0 Å². The molecule has 3 N–H and O–H groups in total. The van der Waals surface area contributed by atoms with Crippen LogP contribution in [-0.4, -0.2) is 22.5 Å². The summed E-state index contributed by atoms with van der Waals surface area (Å²) < 4.78 is 0. The van der Waals surface area contributed by atoms with Crippen molar-refractivity contribution in [3.8, 4) is 0 Å². The summed E-state index contributed by atoms with van der Waals surface area (Å²) >= 11 is 1.61. The van der Waals surface area contributed by atoms with Crippen molar-refractivity contribution in [2.24, 2.45) is 0 Å². The fourth-order valence-corrected chi connectivity index (χ4v) is 2.24. The lowest BCUT2D eigenvalue weighted by molar-refractivity contribution is 0.322. The number of aliphatic hydroxyl groups is 1. The van der Waals surface area contributed by atoms with Crippen molar-refractivity contribution in [3.63, 3.8) is 0 Å². The highest BCUT2D eigenvalue weighted by molar-refractivity contribution is 7.99. The smallest absolute Gasteiger partial charge is 0.0942 e. The maximum absolute atomic E-state index is 8.79. The SMILES string of the molecule is Nc1cccc2c(SCCO)ccnc12. The number of para-hydroxylation sites is 1. The molecule has 0 saturated carbocycles. The molecule has 1 heterocycles. The van der Waals surface area contributed by atoms with Crippen molar-refractivity contribution in [2.75, 3.05) is 18.1 Å². The summed E-state index contributed by atoms with van der Waals surface area (Å²) in [6.07, 6.45) is 1.75. The summed E-state index contributed by atoms with van der Waals surface area (Å²) in [6, 6.07) is 7.71. The molecule has 0 radical (unpaired) electrons. The molecule has 0 aliphatic rings. The highest BCUT2D eigenvalue weighted by Gasteiger charge is 2.03. The van der Waals surface area contributed by atoms with Crippen molar-refractivity contribution in [2.45, 2.75) is 4.90 Å². The number of aliphatic hydroxyl groups excluding tert-OH is 1. The Bertz CT molecular complexity index is 473. The first-order chi connectivity index (χ1) is 7.33. The molecule has 0 unspecified atom stereocenters. The standard InChI is InChI=1S/C11H12N2OS/c12-9-3-1-2-8-10(15-7-6-14)4-5-13-11(8)9/h1-5,14H,6-7,12H2. The summed E-state index contributed by atoms with van der Waals surface area (Å²) in [7, 11) is 0. The minimum Gasteiger partial charge on any atom is -0.397 e. The van der Waals surface area contributed by atoms with Crippen LogP contribution in [0.5, 0.6) is 0 Å². The van der Waals surface area contributed by atoms with Gasteiger partial charge < -0.3 is 10.8 Å². The van der Waals surface area contributed by atoms with E-state index in [9.17, 15) is 0 Å². The van der Waals surface area contributed by atoms with Crippen LogP contribution in [0.3, 0.4) is 0 Å². The van der Waals surface area contributed by atoms with E-state index in [2.05, 4.69) is 4.98 Å². The zero-order chi connectivity index (χ0) is 10.7. The Labute approximate surface area is 92.3 Å². The number of nitrogens with zero attached hydrogens (tertiary/aromatic N) is 1. The molecular formula is C11H12N2OS. The van der Waals surface area contributed by atoms with Gasteiger partial charge in [-0.05, 0) is 12.1 Å². The Balaban J connectivity index is 2.51. The predicted molar refractivity (Wildman–Crippen MR) is 64.0 cm³/mol. The first-order valence-corrected chi connectivity index (χ1v) is 5.68. The van der Waals surface area contributed by atoms with Gasteiger partial charge in [0.25, 0.3) is 0 Å². The molecule has 0 spiro atoms. The summed E-state index contributed by atoms with van der Waals surface area (Å²) in [5, 5.41) is 9.84. The number of aromatic nitrogens is 1. The lowest BCUT2D eigenvalue weighted by Gasteiger charge is -2.05. The van der Waals surface area contributed by atoms with Gasteiger partial charge in [0.05, 0.1) is 17.8 Å². The molecule has 2 aromatic rings. The van der Waals surface area contributed by atoms with Crippen molar-refractivity contribution in [1.82, 2.24) is 4.98 Å². The quantitative estimate of drug-likeness (QED) is 0.612. The number of pyridine rings is 1. The second-order valence-corrected chi connectivity index (χ2v) is 4.26. The molecule has 0 amide bonds. The Morgan fingerprint density at radius 1 is 1.33 bits per heavy atom. The molecule has 1 aromatic heterocycles. The van der Waals surface area contributed by atoms with Crippen LogP contribution < -0.4 is 5.73 Å². The molecule has 2 rings (SSSR count). The van der Waals surface area contributed by atoms with Gasteiger partial charge in [0.15, 0.2) is 0 Å². The highest BCUT2D eigenvalue weighted by Crippen LogP contribution is 2.28. The van der Waals surface area contributed by atoms with Crippen LogP contribution in [-0.2, 0) is 0 Å². The Morgan fingerprint density at radius 3 is 3.00 bits per heavy atom. The first-order valence-electron chi connectivity index (χ1n) is 4.70. The number of hydrogen-bond donors (Lipinski definition) is 2. The van der Waals surface area contributed by atoms with Crippen molar-refractivity contribution in [3.05, 3.63) is 30.5 Å². The summed E-state index contributed by atoms with van der Waals surface area (Å²) in [6.45, 7) is 0.177.